The molecule has 3 aromatic rings. The van der Waals surface area contributed by atoms with Crippen LogP contribution in [0.4, 0.5) is 5.69 Å². The maximum absolute atomic E-state index is 5.95. The van der Waals surface area contributed by atoms with Crippen molar-refractivity contribution in [1.29, 1.82) is 0 Å². The molecule has 0 unspecified atom stereocenters. The fourth-order valence-electron chi connectivity index (χ4n) is 5.46. The molecule has 3 nitrogen and oxygen atoms in total. The molecule has 0 aromatic heterocycles. The highest BCUT2D eigenvalue weighted by atomic mass is 32.1. The molecule has 0 saturated heterocycles. The number of rotatable bonds is 10. The number of anilines is 1. The maximum atomic E-state index is 5.95. The summed E-state index contributed by atoms with van der Waals surface area (Å²) in [5.74, 6) is 0. The Kier molecular flexibility index (Phi) is 9.92. The highest BCUT2D eigenvalue weighted by Gasteiger charge is 2.17. The lowest BCUT2D eigenvalue weighted by atomic mass is 10.1. The largest absolute Gasteiger partial charge is 0.345 e. The Balaban J connectivity index is 1.65. The van der Waals surface area contributed by atoms with E-state index in [0.29, 0.717) is 0 Å². The fraction of sp³-hybridized carbons (Fsp3) is 0.424. The van der Waals surface area contributed by atoms with Gasteiger partial charge < -0.3 is 14.7 Å². The lowest BCUT2D eigenvalue weighted by molar-refractivity contribution is -0.903. The maximum Gasteiger partial charge on any atom is 0.173 e. The molecule has 0 amide bonds. The highest BCUT2D eigenvalue weighted by molar-refractivity contribution is 7.80. The van der Waals surface area contributed by atoms with E-state index in [-0.39, 0.29) is 0 Å². The molecule has 198 valence electrons. The molecule has 0 bridgehead atoms. The van der Waals surface area contributed by atoms with Crippen molar-refractivity contribution in [2.24, 2.45) is 0 Å². The van der Waals surface area contributed by atoms with Gasteiger partial charge in [0.25, 0.3) is 0 Å². The Labute approximate surface area is 231 Å². The van der Waals surface area contributed by atoms with Crippen LogP contribution in [0, 0.1) is 41.5 Å². The topological polar surface area (TPSA) is 15.3 Å². The van der Waals surface area contributed by atoms with E-state index in [0.717, 1.165) is 54.3 Å². The van der Waals surface area contributed by atoms with Crippen molar-refractivity contribution in [3.05, 3.63) is 99.1 Å². The summed E-state index contributed by atoms with van der Waals surface area (Å²) in [6.45, 7) is 16.9. The number of nitrogens with zero attached hydrogens (tertiary/aromatic N) is 2. The molecule has 0 aliphatic rings. The first-order chi connectivity index (χ1) is 17.4. The van der Waals surface area contributed by atoms with E-state index in [1.807, 2.05) is 0 Å². The van der Waals surface area contributed by atoms with Crippen LogP contribution in [0.25, 0.3) is 0 Å². The lowest BCUT2D eigenvalue weighted by Gasteiger charge is -2.31. The summed E-state index contributed by atoms with van der Waals surface area (Å²) in [4.78, 5) is 2.34. The van der Waals surface area contributed by atoms with Gasteiger partial charge in [0.15, 0.2) is 5.11 Å². The third kappa shape index (κ3) is 9.60. The predicted octanol–water partition coefficient (Wildman–Crippen LogP) is 7.79. The van der Waals surface area contributed by atoms with Crippen molar-refractivity contribution in [2.45, 2.75) is 67.5 Å². The van der Waals surface area contributed by atoms with Gasteiger partial charge in [0.1, 0.15) is 6.54 Å². The number of aryl methyl sites for hydroxylation is 6. The summed E-state index contributed by atoms with van der Waals surface area (Å²) < 4.78 is 0.991. The molecular formula is C33H46N3S+. The monoisotopic (exact) mass is 516 g/mol. The summed E-state index contributed by atoms with van der Waals surface area (Å²) in [5, 5.41) is 4.33. The number of quaternary nitrogens is 1. The van der Waals surface area contributed by atoms with E-state index in [1.54, 1.807) is 0 Å². The van der Waals surface area contributed by atoms with Gasteiger partial charge in [-0.15, -0.1) is 0 Å². The van der Waals surface area contributed by atoms with E-state index in [2.05, 4.69) is 120 Å². The van der Waals surface area contributed by atoms with Crippen molar-refractivity contribution in [3.8, 4) is 0 Å². The number of hydrogen-bond acceptors (Lipinski definition) is 1. The molecule has 0 radical (unpaired) electrons. The van der Waals surface area contributed by atoms with Crippen LogP contribution in [0.2, 0.25) is 0 Å². The molecule has 4 heteroatoms. The average Bonchev–Trinajstić information content (AvgIpc) is 2.73. The quantitative estimate of drug-likeness (QED) is 0.168. The summed E-state index contributed by atoms with van der Waals surface area (Å²) in [6.07, 6.45) is 2.27. The molecule has 3 rings (SSSR count). The van der Waals surface area contributed by atoms with Crippen molar-refractivity contribution >= 4 is 23.0 Å². The number of unbranched alkanes of at least 4 members (excludes halogenated alkanes) is 1. The van der Waals surface area contributed by atoms with Gasteiger partial charge >= 0.3 is 0 Å². The second-order valence-electron chi connectivity index (χ2n) is 11.7. The minimum Gasteiger partial charge on any atom is -0.345 e. The lowest BCUT2D eigenvalue weighted by Crippen LogP contribution is -2.40. The molecule has 37 heavy (non-hydrogen) atoms. The van der Waals surface area contributed by atoms with Crippen LogP contribution in [0.15, 0.2) is 54.6 Å². The fourth-order valence-corrected chi connectivity index (χ4v) is 5.73. The second-order valence-corrected chi connectivity index (χ2v) is 12.1. The van der Waals surface area contributed by atoms with Gasteiger partial charge in [-0.3, -0.25) is 0 Å². The van der Waals surface area contributed by atoms with Gasteiger partial charge in [0.2, 0.25) is 0 Å². The van der Waals surface area contributed by atoms with Crippen molar-refractivity contribution < 1.29 is 4.48 Å². The number of thiocarbonyl (C=S) groups is 1. The van der Waals surface area contributed by atoms with Crippen LogP contribution in [0.5, 0.6) is 0 Å². The van der Waals surface area contributed by atoms with Gasteiger partial charge in [-0.05, 0) is 95.4 Å². The summed E-state index contributed by atoms with van der Waals surface area (Å²) in [5.41, 5.74) is 11.6. The molecular weight excluding hydrogens is 470 g/mol. The van der Waals surface area contributed by atoms with Crippen LogP contribution >= 0.6 is 12.2 Å². The van der Waals surface area contributed by atoms with Gasteiger partial charge in [-0.1, -0.05) is 64.7 Å². The first-order valence-electron chi connectivity index (χ1n) is 13.5. The zero-order valence-electron chi connectivity index (χ0n) is 24.2. The molecule has 3 aromatic carbocycles. The molecule has 0 heterocycles. The number of nitrogens with one attached hydrogen (secondary N) is 1. The molecule has 0 spiro atoms. The van der Waals surface area contributed by atoms with Crippen LogP contribution in [0.1, 0.15) is 57.3 Å². The Morgan fingerprint density at radius 1 is 0.676 bits per heavy atom. The third-order valence-corrected chi connectivity index (χ3v) is 7.11. The van der Waals surface area contributed by atoms with E-state index in [4.69, 9.17) is 12.2 Å². The van der Waals surface area contributed by atoms with Gasteiger partial charge in [0, 0.05) is 24.3 Å². The van der Waals surface area contributed by atoms with Gasteiger partial charge in [-0.25, -0.2) is 0 Å². The smallest absolute Gasteiger partial charge is 0.173 e. The highest BCUT2D eigenvalue weighted by Crippen LogP contribution is 2.18. The van der Waals surface area contributed by atoms with E-state index >= 15 is 0 Å². The van der Waals surface area contributed by atoms with Gasteiger partial charge in [0.05, 0.1) is 20.6 Å². The van der Waals surface area contributed by atoms with Crippen LogP contribution < -0.4 is 5.32 Å². The molecule has 0 aliphatic heterocycles. The van der Waals surface area contributed by atoms with Crippen LogP contribution in [-0.2, 0) is 13.1 Å². The van der Waals surface area contributed by atoms with E-state index in [1.165, 1.54) is 44.5 Å². The first kappa shape index (κ1) is 28.9. The predicted molar refractivity (Wildman–Crippen MR) is 164 cm³/mol. The SMILES string of the molecule is Cc1cc(C)cc(CN(CCCC[N+](C)(C)Cc2cc(C)cc(C)c2)C(=S)Nc2cc(C)cc(C)c2)c1. The van der Waals surface area contributed by atoms with Gasteiger partial charge in [-0.2, -0.15) is 0 Å². The molecule has 0 atom stereocenters. The minimum atomic E-state index is 0.799. The second kappa shape index (κ2) is 12.7. The molecule has 1 N–H and O–H groups in total. The first-order valence-corrected chi connectivity index (χ1v) is 13.9. The normalized spacial score (nSPS) is 11.5. The van der Waals surface area contributed by atoms with Crippen LogP contribution in [-0.4, -0.2) is 41.7 Å². The number of benzene rings is 3. The molecule has 0 fully saturated rings. The zero-order chi connectivity index (χ0) is 27.2. The van der Waals surface area contributed by atoms with E-state index < -0.39 is 0 Å². The summed E-state index contributed by atoms with van der Waals surface area (Å²) in [6, 6.07) is 20.2. The van der Waals surface area contributed by atoms with Crippen molar-refractivity contribution in [1.82, 2.24) is 4.90 Å². The average molecular weight is 517 g/mol. The Bertz CT molecular complexity index is 1170. The zero-order valence-corrected chi connectivity index (χ0v) is 25.1. The third-order valence-electron chi connectivity index (χ3n) is 6.75. The standard InChI is InChI=1S/C33H45N3S/c1-24-13-25(2)17-30(16-24)22-35(33(37)34-32-20-28(5)15-29(6)21-32)11-9-10-12-36(7,8)23-31-18-26(3)14-27(4)19-31/h13-21H,9-12,22-23H2,1-8H3/p+1. The number of hydrogen-bond donors (Lipinski definition) is 1. The van der Waals surface area contributed by atoms with Crippen molar-refractivity contribution in [3.63, 3.8) is 0 Å². The Morgan fingerprint density at radius 2 is 1.14 bits per heavy atom. The Hall–Kier alpha value is -2.69. The minimum absolute atomic E-state index is 0.799. The van der Waals surface area contributed by atoms with E-state index in [9.17, 15) is 0 Å². The Morgan fingerprint density at radius 3 is 1.65 bits per heavy atom. The molecule has 0 saturated carbocycles. The van der Waals surface area contributed by atoms with Crippen LogP contribution in [0.3, 0.4) is 0 Å². The summed E-state index contributed by atoms with van der Waals surface area (Å²) >= 11 is 5.95. The summed E-state index contributed by atoms with van der Waals surface area (Å²) in [7, 11) is 4.69. The molecule has 0 aliphatic carbocycles. The van der Waals surface area contributed by atoms with Crippen molar-refractivity contribution in [2.75, 3.05) is 32.5 Å².